The molecule has 19 heavy (non-hydrogen) atoms. The number of carbonyl (C=O) groups excluding carboxylic acids is 1. The molecule has 0 spiro atoms. The molecule has 2 N–H and O–H groups in total. The molecule has 0 saturated carbocycles. The fourth-order valence-electron chi connectivity index (χ4n) is 1.80. The van der Waals surface area contributed by atoms with Crippen LogP contribution in [0.5, 0.6) is 0 Å². The summed E-state index contributed by atoms with van der Waals surface area (Å²) in [6.07, 6.45) is 0.395. The van der Waals surface area contributed by atoms with Crippen molar-refractivity contribution in [3.63, 3.8) is 0 Å². The van der Waals surface area contributed by atoms with Gasteiger partial charge in [0.05, 0.1) is 0 Å². The van der Waals surface area contributed by atoms with Crippen LogP contribution in [0.25, 0.3) is 0 Å². The van der Waals surface area contributed by atoms with E-state index in [9.17, 15) is 4.79 Å². The molecule has 0 saturated heterocycles. The first-order valence-electron chi connectivity index (χ1n) is 6.71. The van der Waals surface area contributed by atoms with E-state index in [1.54, 1.807) is 0 Å². The molecule has 3 nitrogen and oxygen atoms in total. The van der Waals surface area contributed by atoms with E-state index in [1.807, 2.05) is 49.9 Å². The third-order valence-corrected chi connectivity index (χ3v) is 3.50. The Morgan fingerprint density at radius 2 is 2.11 bits per heavy atom. The lowest BCUT2D eigenvalue weighted by molar-refractivity contribution is -0.132. The summed E-state index contributed by atoms with van der Waals surface area (Å²) >= 11 is 5.95. The molecular formula is C15H23ClN2O. The van der Waals surface area contributed by atoms with Crippen LogP contribution in [0.3, 0.4) is 0 Å². The van der Waals surface area contributed by atoms with Crippen LogP contribution >= 0.6 is 11.6 Å². The summed E-state index contributed by atoms with van der Waals surface area (Å²) in [5.41, 5.74) is 7.00. The first-order chi connectivity index (χ1) is 8.93. The minimum atomic E-state index is -0.0825. The van der Waals surface area contributed by atoms with Crippen LogP contribution in [0.1, 0.15) is 32.8 Å². The van der Waals surface area contributed by atoms with Crippen LogP contribution in [0.2, 0.25) is 5.02 Å². The van der Waals surface area contributed by atoms with Gasteiger partial charge in [0.2, 0.25) is 5.91 Å². The predicted molar refractivity (Wildman–Crippen MR) is 80.0 cm³/mol. The average Bonchev–Trinajstić information content (AvgIpc) is 2.35. The molecule has 106 valence electrons. The summed E-state index contributed by atoms with van der Waals surface area (Å²) in [6.45, 7) is 7.30. The highest BCUT2D eigenvalue weighted by atomic mass is 35.5. The maximum Gasteiger partial charge on any atom is 0.224 e. The van der Waals surface area contributed by atoms with Crippen molar-refractivity contribution in [2.45, 2.75) is 39.8 Å². The van der Waals surface area contributed by atoms with Gasteiger partial charge in [-0.25, -0.2) is 0 Å². The molecule has 1 rings (SSSR count). The van der Waals surface area contributed by atoms with Gasteiger partial charge in [-0.05, 0) is 30.5 Å². The molecule has 0 bridgehead atoms. The molecule has 0 aliphatic heterocycles. The highest BCUT2D eigenvalue weighted by Gasteiger charge is 2.18. The van der Waals surface area contributed by atoms with Crippen molar-refractivity contribution in [2.24, 2.45) is 11.7 Å². The Morgan fingerprint density at radius 3 is 2.63 bits per heavy atom. The fraction of sp³-hybridized carbons (Fsp3) is 0.533. The lowest BCUT2D eigenvalue weighted by Crippen LogP contribution is -2.37. The number of amides is 1. The molecule has 0 aliphatic carbocycles. The van der Waals surface area contributed by atoms with E-state index >= 15 is 0 Å². The maximum atomic E-state index is 12.2. The molecule has 1 atom stereocenters. The minimum Gasteiger partial charge on any atom is -0.339 e. The Bertz CT molecular complexity index is 420. The number of halogens is 1. The largest absolute Gasteiger partial charge is 0.339 e. The third-order valence-electron chi connectivity index (χ3n) is 3.26. The third kappa shape index (κ3) is 5.21. The molecule has 1 unspecified atom stereocenters. The SMILES string of the molecule is CCN(Cc1cccc(Cl)c1)C(=O)CC(N)C(C)C. The molecule has 4 heteroatoms. The maximum absolute atomic E-state index is 12.2. The predicted octanol–water partition coefficient (Wildman–Crippen LogP) is 3.06. The second-order valence-corrected chi connectivity index (χ2v) is 5.59. The number of hydrogen-bond donors (Lipinski definition) is 1. The lowest BCUT2D eigenvalue weighted by Gasteiger charge is -2.24. The van der Waals surface area contributed by atoms with Crippen molar-refractivity contribution in [1.29, 1.82) is 0 Å². The van der Waals surface area contributed by atoms with Gasteiger partial charge in [0.25, 0.3) is 0 Å². The molecule has 0 fully saturated rings. The summed E-state index contributed by atoms with van der Waals surface area (Å²) in [7, 11) is 0. The van der Waals surface area contributed by atoms with E-state index in [4.69, 9.17) is 17.3 Å². The zero-order valence-electron chi connectivity index (χ0n) is 11.9. The monoisotopic (exact) mass is 282 g/mol. The quantitative estimate of drug-likeness (QED) is 0.872. The zero-order chi connectivity index (χ0) is 14.4. The second kappa shape index (κ2) is 7.51. The summed E-state index contributed by atoms with van der Waals surface area (Å²) in [4.78, 5) is 14.0. The molecule has 0 aliphatic rings. The fourth-order valence-corrected chi connectivity index (χ4v) is 2.01. The Labute approximate surface area is 120 Å². The zero-order valence-corrected chi connectivity index (χ0v) is 12.7. The Balaban J connectivity index is 2.65. The van der Waals surface area contributed by atoms with Gasteiger partial charge in [-0.2, -0.15) is 0 Å². The molecule has 0 heterocycles. The summed E-state index contributed by atoms with van der Waals surface area (Å²) in [6, 6.07) is 7.51. The van der Waals surface area contributed by atoms with Crippen LogP contribution in [-0.4, -0.2) is 23.4 Å². The van der Waals surface area contributed by atoms with Gasteiger partial charge in [0.1, 0.15) is 0 Å². The summed E-state index contributed by atoms with van der Waals surface area (Å²) < 4.78 is 0. The summed E-state index contributed by atoms with van der Waals surface area (Å²) in [5, 5.41) is 0.694. The van der Waals surface area contributed by atoms with Gasteiger partial charge in [-0.3, -0.25) is 4.79 Å². The van der Waals surface area contributed by atoms with Gasteiger partial charge in [-0.1, -0.05) is 37.6 Å². The molecule has 0 radical (unpaired) electrons. The van der Waals surface area contributed by atoms with Gasteiger partial charge < -0.3 is 10.6 Å². The van der Waals surface area contributed by atoms with Gasteiger partial charge >= 0.3 is 0 Å². The van der Waals surface area contributed by atoms with Gasteiger partial charge in [0, 0.05) is 30.6 Å². The van der Waals surface area contributed by atoms with Crippen LogP contribution in [-0.2, 0) is 11.3 Å². The standard InChI is InChI=1S/C15H23ClN2O/c1-4-18(15(19)9-14(17)11(2)3)10-12-6-5-7-13(16)8-12/h5-8,11,14H,4,9-10,17H2,1-3H3. The Morgan fingerprint density at radius 1 is 1.42 bits per heavy atom. The molecule has 1 aromatic carbocycles. The minimum absolute atomic E-state index is 0.0825. The number of nitrogens with zero attached hydrogens (tertiary/aromatic N) is 1. The number of benzene rings is 1. The molecular weight excluding hydrogens is 260 g/mol. The van der Waals surface area contributed by atoms with Crippen molar-refractivity contribution >= 4 is 17.5 Å². The van der Waals surface area contributed by atoms with Crippen molar-refractivity contribution < 1.29 is 4.79 Å². The number of hydrogen-bond acceptors (Lipinski definition) is 2. The first kappa shape index (κ1) is 16.0. The van der Waals surface area contributed by atoms with E-state index in [-0.39, 0.29) is 11.9 Å². The van der Waals surface area contributed by atoms with Gasteiger partial charge in [-0.15, -0.1) is 0 Å². The second-order valence-electron chi connectivity index (χ2n) is 5.15. The van der Waals surface area contributed by atoms with Crippen LogP contribution < -0.4 is 5.73 Å². The number of rotatable bonds is 6. The highest BCUT2D eigenvalue weighted by molar-refractivity contribution is 6.30. The topological polar surface area (TPSA) is 46.3 Å². The Hall–Kier alpha value is -1.06. The van der Waals surface area contributed by atoms with Gasteiger partial charge in [0.15, 0.2) is 0 Å². The van der Waals surface area contributed by atoms with Crippen LogP contribution in [0.15, 0.2) is 24.3 Å². The van der Waals surface area contributed by atoms with E-state index in [1.165, 1.54) is 0 Å². The smallest absolute Gasteiger partial charge is 0.224 e. The van der Waals surface area contributed by atoms with Crippen molar-refractivity contribution in [1.82, 2.24) is 4.90 Å². The van der Waals surface area contributed by atoms with E-state index in [2.05, 4.69) is 0 Å². The molecule has 0 aromatic heterocycles. The average molecular weight is 283 g/mol. The summed E-state index contributed by atoms with van der Waals surface area (Å²) in [5.74, 6) is 0.414. The van der Waals surface area contributed by atoms with E-state index in [0.717, 1.165) is 5.56 Å². The van der Waals surface area contributed by atoms with Crippen molar-refractivity contribution in [3.05, 3.63) is 34.9 Å². The number of carbonyl (C=O) groups is 1. The van der Waals surface area contributed by atoms with Crippen molar-refractivity contribution in [3.8, 4) is 0 Å². The molecule has 1 amide bonds. The lowest BCUT2D eigenvalue weighted by atomic mass is 10.0. The van der Waals surface area contributed by atoms with E-state index < -0.39 is 0 Å². The van der Waals surface area contributed by atoms with Crippen LogP contribution in [0, 0.1) is 5.92 Å². The normalized spacial score (nSPS) is 12.5. The van der Waals surface area contributed by atoms with Crippen LogP contribution in [0.4, 0.5) is 0 Å². The number of nitrogens with two attached hydrogens (primary N) is 1. The highest BCUT2D eigenvalue weighted by Crippen LogP contribution is 2.14. The van der Waals surface area contributed by atoms with E-state index in [0.29, 0.717) is 30.5 Å². The Kier molecular flexibility index (Phi) is 6.32. The molecule has 1 aromatic rings. The van der Waals surface area contributed by atoms with Crippen molar-refractivity contribution in [2.75, 3.05) is 6.54 Å². The first-order valence-corrected chi connectivity index (χ1v) is 7.09.